The highest BCUT2D eigenvalue weighted by Crippen LogP contribution is 2.19. The molecule has 2 rings (SSSR count). The maximum atomic E-state index is 11.9. The van der Waals surface area contributed by atoms with Gasteiger partial charge in [-0.15, -0.1) is 0 Å². The SMILES string of the molecule is Cc1cc(Cl)ccc1CC(=O)NC1CCCC1. The molecule has 1 fully saturated rings. The van der Waals surface area contributed by atoms with Gasteiger partial charge in [0.25, 0.3) is 0 Å². The molecular formula is C14H18ClNO. The molecule has 0 bridgehead atoms. The lowest BCUT2D eigenvalue weighted by Gasteiger charge is -2.12. The molecule has 3 heteroatoms. The summed E-state index contributed by atoms with van der Waals surface area (Å²) in [5.74, 6) is 0.127. The third-order valence-corrected chi connectivity index (χ3v) is 3.61. The lowest BCUT2D eigenvalue weighted by atomic mass is 10.1. The molecule has 0 aliphatic heterocycles. The minimum atomic E-state index is 0.127. The number of aryl methyl sites for hydroxylation is 1. The van der Waals surface area contributed by atoms with E-state index in [1.165, 1.54) is 12.8 Å². The van der Waals surface area contributed by atoms with Crippen LogP contribution < -0.4 is 5.32 Å². The molecule has 1 saturated carbocycles. The molecule has 1 aliphatic rings. The lowest BCUT2D eigenvalue weighted by molar-refractivity contribution is -0.121. The first-order valence-corrected chi connectivity index (χ1v) is 6.57. The van der Waals surface area contributed by atoms with Gasteiger partial charge in [0.05, 0.1) is 6.42 Å². The van der Waals surface area contributed by atoms with Crippen LogP contribution in [0.3, 0.4) is 0 Å². The third kappa shape index (κ3) is 3.47. The van der Waals surface area contributed by atoms with Crippen LogP contribution in [0.1, 0.15) is 36.8 Å². The second-order valence-electron chi connectivity index (χ2n) is 4.80. The van der Waals surface area contributed by atoms with Crippen molar-refractivity contribution in [3.8, 4) is 0 Å². The molecule has 2 nitrogen and oxygen atoms in total. The van der Waals surface area contributed by atoms with Crippen LogP contribution in [-0.2, 0) is 11.2 Å². The molecule has 92 valence electrons. The Morgan fingerprint density at radius 2 is 2.12 bits per heavy atom. The fraction of sp³-hybridized carbons (Fsp3) is 0.500. The summed E-state index contributed by atoms with van der Waals surface area (Å²) in [6.45, 7) is 1.99. The highest BCUT2D eigenvalue weighted by molar-refractivity contribution is 6.30. The fourth-order valence-corrected chi connectivity index (χ4v) is 2.61. The standard InChI is InChI=1S/C14H18ClNO/c1-10-8-12(15)7-6-11(10)9-14(17)16-13-4-2-3-5-13/h6-8,13H,2-5,9H2,1H3,(H,16,17). The summed E-state index contributed by atoms with van der Waals surface area (Å²) in [5, 5.41) is 3.82. The van der Waals surface area contributed by atoms with Crippen LogP contribution in [0.5, 0.6) is 0 Å². The zero-order valence-electron chi connectivity index (χ0n) is 10.1. The summed E-state index contributed by atoms with van der Waals surface area (Å²) >= 11 is 5.89. The van der Waals surface area contributed by atoms with Gasteiger partial charge in [-0.05, 0) is 43.0 Å². The summed E-state index contributed by atoms with van der Waals surface area (Å²) in [6, 6.07) is 6.08. The Hall–Kier alpha value is -1.02. The second kappa shape index (κ2) is 5.54. The van der Waals surface area contributed by atoms with Crippen molar-refractivity contribution in [1.29, 1.82) is 0 Å². The Bertz CT molecular complexity index is 411. The summed E-state index contributed by atoms with van der Waals surface area (Å²) in [6.07, 6.45) is 5.20. The molecule has 0 radical (unpaired) electrons. The van der Waals surface area contributed by atoms with E-state index in [1.54, 1.807) is 0 Å². The number of carbonyl (C=O) groups is 1. The van der Waals surface area contributed by atoms with Crippen molar-refractivity contribution in [2.24, 2.45) is 0 Å². The summed E-state index contributed by atoms with van der Waals surface area (Å²) in [5.41, 5.74) is 2.14. The maximum Gasteiger partial charge on any atom is 0.224 e. The Labute approximate surface area is 107 Å². The maximum absolute atomic E-state index is 11.9. The van der Waals surface area contributed by atoms with Crippen molar-refractivity contribution >= 4 is 17.5 Å². The minimum Gasteiger partial charge on any atom is -0.353 e. The van der Waals surface area contributed by atoms with Gasteiger partial charge in [0, 0.05) is 11.1 Å². The van der Waals surface area contributed by atoms with Crippen molar-refractivity contribution in [1.82, 2.24) is 5.32 Å². The van der Waals surface area contributed by atoms with E-state index in [9.17, 15) is 4.79 Å². The minimum absolute atomic E-state index is 0.127. The number of amides is 1. The van der Waals surface area contributed by atoms with Gasteiger partial charge in [0.1, 0.15) is 0 Å². The van der Waals surface area contributed by atoms with Crippen LogP contribution in [0.15, 0.2) is 18.2 Å². The van der Waals surface area contributed by atoms with Crippen LogP contribution in [-0.4, -0.2) is 11.9 Å². The summed E-state index contributed by atoms with van der Waals surface area (Å²) in [7, 11) is 0. The van der Waals surface area contributed by atoms with Crippen LogP contribution >= 0.6 is 11.6 Å². The van der Waals surface area contributed by atoms with Gasteiger partial charge in [0.2, 0.25) is 5.91 Å². The van der Waals surface area contributed by atoms with Gasteiger partial charge in [-0.2, -0.15) is 0 Å². The normalized spacial score (nSPS) is 16.1. The Kier molecular flexibility index (Phi) is 4.06. The lowest BCUT2D eigenvalue weighted by Crippen LogP contribution is -2.33. The predicted octanol–water partition coefficient (Wildman–Crippen LogP) is 3.25. The average molecular weight is 252 g/mol. The number of nitrogens with one attached hydrogen (secondary N) is 1. The van der Waals surface area contributed by atoms with Gasteiger partial charge in [-0.1, -0.05) is 30.5 Å². The molecule has 1 aliphatic carbocycles. The monoisotopic (exact) mass is 251 g/mol. The predicted molar refractivity (Wildman–Crippen MR) is 70.3 cm³/mol. The highest BCUT2D eigenvalue weighted by Gasteiger charge is 2.17. The first kappa shape index (κ1) is 12.4. The van der Waals surface area contributed by atoms with E-state index in [4.69, 9.17) is 11.6 Å². The first-order valence-electron chi connectivity index (χ1n) is 6.19. The van der Waals surface area contributed by atoms with E-state index < -0.39 is 0 Å². The molecular weight excluding hydrogens is 234 g/mol. The number of hydrogen-bond donors (Lipinski definition) is 1. The van der Waals surface area contributed by atoms with Crippen molar-refractivity contribution in [3.63, 3.8) is 0 Å². The topological polar surface area (TPSA) is 29.1 Å². The summed E-state index contributed by atoms with van der Waals surface area (Å²) < 4.78 is 0. The molecule has 0 saturated heterocycles. The van der Waals surface area contributed by atoms with Crippen LogP contribution in [0.4, 0.5) is 0 Å². The molecule has 1 aromatic rings. The Morgan fingerprint density at radius 3 is 2.76 bits per heavy atom. The fourth-order valence-electron chi connectivity index (χ4n) is 2.38. The molecule has 0 heterocycles. The molecule has 0 unspecified atom stereocenters. The molecule has 1 aromatic carbocycles. The van der Waals surface area contributed by atoms with Crippen LogP contribution in [0.25, 0.3) is 0 Å². The molecule has 0 spiro atoms. The summed E-state index contributed by atoms with van der Waals surface area (Å²) in [4.78, 5) is 11.9. The van der Waals surface area contributed by atoms with E-state index in [-0.39, 0.29) is 5.91 Å². The van der Waals surface area contributed by atoms with Gasteiger partial charge < -0.3 is 5.32 Å². The van der Waals surface area contributed by atoms with E-state index >= 15 is 0 Å². The van der Waals surface area contributed by atoms with E-state index in [1.807, 2.05) is 25.1 Å². The van der Waals surface area contributed by atoms with Crippen LogP contribution in [0, 0.1) is 6.92 Å². The second-order valence-corrected chi connectivity index (χ2v) is 5.23. The van der Waals surface area contributed by atoms with Gasteiger partial charge in [-0.3, -0.25) is 4.79 Å². The Balaban J connectivity index is 1.93. The zero-order chi connectivity index (χ0) is 12.3. The molecule has 0 aromatic heterocycles. The van der Waals surface area contributed by atoms with Gasteiger partial charge in [0.15, 0.2) is 0 Å². The van der Waals surface area contributed by atoms with E-state index in [2.05, 4.69) is 5.32 Å². The number of halogens is 1. The molecule has 1 amide bonds. The van der Waals surface area contributed by atoms with Gasteiger partial charge >= 0.3 is 0 Å². The molecule has 0 atom stereocenters. The highest BCUT2D eigenvalue weighted by atomic mass is 35.5. The molecule has 1 N–H and O–H groups in total. The van der Waals surface area contributed by atoms with Crippen LogP contribution in [0.2, 0.25) is 5.02 Å². The number of hydrogen-bond acceptors (Lipinski definition) is 1. The average Bonchev–Trinajstić information content (AvgIpc) is 2.75. The van der Waals surface area contributed by atoms with Crippen molar-refractivity contribution < 1.29 is 4.79 Å². The van der Waals surface area contributed by atoms with Crippen molar-refractivity contribution in [2.45, 2.75) is 45.1 Å². The van der Waals surface area contributed by atoms with E-state index in [0.29, 0.717) is 12.5 Å². The number of benzene rings is 1. The largest absolute Gasteiger partial charge is 0.353 e. The third-order valence-electron chi connectivity index (χ3n) is 3.38. The van der Waals surface area contributed by atoms with Crippen molar-refractivity contribution in [3.05, 3.63) is 34.3 Å². The quantitative estimate of drug-likeness (QED) is 0.878. The first-order chi connectivity index (χ1) is 8.15. The smallest absolute Gasteiger partial charge is 0.224 e. The van der Waals surface area contributed by atoms with Gasteiger partial charge in [-0.25, -0.2) is 0 Å². The van der Waals surface area contributed by atoms with Crippen molar-refractivity contribution in [2.75, 3.05) is 0 Å². The Morgan fingerprint density at radius 1 is 1.41 bits per heavy atom. The number of rotatable bonds is 3. The molecule has 17 heavy (non-hydrogen) atoms. The van der Waals surface area contributed by atoms with E-state index in [0.717, 1.165) is 29.0 Å². The number of carbonyl (C=O) groups excluding carboxylic acids is 1. The zero-order valence-corrected chi connectivity index (χ0v) is 10.9.